The van der Waals surface area contributed by atoms with Gasteiger partial charge in [-0.15, -0.1) is 0 Å². The molecule has 0 aromatic carbocycles. The third-order valence-electron chi connectivity index (χ3n) is 2.72. The SMILES string of the molecule is O=C(Cc1ccno1)CC1CCOCC1. The molecule has 1 aromatic rings. The van der Waals surface area contributed by atoms with Crippen LogP contribution in [-0.2, 0) is 16.0 Å². The summed E-state index contributed by atoms with van der Waals surface area (Å²) in [4.78, 5) is 11.7. The van der Waals surface area contributed by atoms with Crippen LogP contribution in [0.3, 0.4) is 0 Å². The predicted molar refractivity (Wildman–Crippen MR) is 53.4 cm³/mol. The summed E-state index contributed by atoms with van der Waals surface area (Å²) >= 11 is 0. The second kappa shape index (κ2) is 5.07. The van der Waals surface area contributed by atoms with Crippen molar-refractivity contribution in [3.63, 3.8) is 0 Å². The molecule has 0 bridgehead atoms. The Balaban J connectivity index is 1.76. The fourth-order valence-electron chi connectivity index (χ4n) is 1.87. The molecule has 2 rings (SSSR count). The molecule has 0 atom stereocenters. The molecule has 0 unspecified atom stereocenters. The Morgan fingerprint density at radius 2 is 2.27 bits per heavy atom. The molecule has 1 aromatic heterocycles. The van der Waals surface area contributed by atoms with E-state index in [1.165, 1.54) is 0 Å². The number of hydrogen-bond acceptors (Lipinski definition) is 4. The standard InChI is InChI=1S/C11H15NO3/c13-10(8-11-1-4-12-15-11)7-9-2-5-14-6-3-9/h1,4,9H,2-3,5-8H2. The normalized spacial score (nSPS) is 17.9. The number of hydrogen-bond donors (Lipinski definition) is 0. The van der Waals surface area contributed by atoms with Crippen molar-refractivity contribution >= 4 is 5.78 Å². The molecule has 4 heteroatoms. The molecular weight excluding hydrogens is 194 g/mol. The molecular formula is C11H15NO3. The molecule has 0 saturated carbocycles. The van der Waals surface area contributed by atoms with E-state index < -0.39 is 0 Å². The van der Waals surface area contributed by atoms with E-state index in [4.69, 9.17) is 9.26 Å². The van der Waals surface area contributed by atoms with Gasteiger partial charge in [-0.3, -0.25) is 4.79 Å². The number of rotatable bonds is 4. The summed E-state index contributed by atoms with van der Waals surface area (Å²) in [5.74, 6) is 1.39. The summed E-state index contributed by atoms with van der Waals surface area (Å²) in [5.41, 5.74) is 0. The van der Waals surface area contributed by atoms with Crippen molar-refractivity contribution in [2.45, 2.75) is 25.7 Å². The van der Waals surface area contributed by atoms with E-state index in [-0.39, 0.29) is 5.78 Å². The lowest BCUT2D eigenvalue weighted by atomic mass is 9.93. The highest BCUT2D eigenvalue weighted by molar-refractivity contribution is 5.80. The van der Waals surface area contributed by atoms with Gasteiger partial charge in [0.05, 0.1) is 12.6 Å². The molecule has 82 valence electrons. The van der Waals surface area contributed by atoms with Crippen LogP contribution >= 0.6 is 0 Å². The molecule has 1 aliphatic rings. The first-order chi connectivity index (χ1) is 7.34. The average molecular weight is 209 g/mol. The van der Waals surface area contributed by atoms with Crippen LogP contribution in [0.2, 0.25) is 0 Å². The van der Waals surface area contributed by atoms with E-state index in [2.05, 4.69) is 5.16 Å². The minimum absolute atomic E-state index is 0.235. The highest BCUT2D eigenvalue weighted by atomic mass is 16.5. The van der Waals surface area contributed by atoms with Crippen LogP contribution in [-0.4, -0.2) is 24.2 Å². The Labute approximate surface area is 88.6 Å². The molecule has 0 radical (unpaired) electrons. The molecule has 1 saturated heterocycles. The Kier molecular flexibility index (Phi) is 3.50. The summed E-state index contributed by atoms with van der Waals surface area (Å²) in [6, 6.07) is 1.74. The Morgan fingerprint density at radius 1 is 1.47 bits per heavy atom. The zero-order valence-corrected chi connectivity index (χ0v) is 8.65. The van der Waals surface area contributed by atoms with Crippen molar-refractivity contribution in [3.05, 3.63) is 18.0 Å². The number of aromatic nitrogens is 1. The fraction of sp³-hybridized carbons (Fsp3) is 0.636. The van der Waals surface area contributed by atoms with Crippen molar-refractivity contribution < 1.29 is 14.1 Å². The topological polar surface area (TPSA) is 52.3 Å². The summed E-state index contributed by atoms with van der Waals surface area (Å²) < 4.78 is 10.1. The van der Waals surface area contributed by atoms with Gasteiger partial charge in [0.15, 0.2) is 0 Å². The van der Waals surface area contributed by atoms with Crippen LogP contribution in [0.25, 0.3) is 0 Å². The van der Waals surface area contributed by atoms with Crippen LogP contribution in [0.4, 0.5) is 0 Å². The lowest BCUT2D eigenvalue weighted by Gasteiger charge is -2.20. The molecule has 0 N–H and O–H groups in total. The van der Waals surface area contributed by atoms with Crippen molar-refractivity contribution in [1.29, 1.82) is 0 Å². The Morgan fingerprint density at radius 3 is 2.93 bits per heavy atom. The maximum absolute atomic E-state index is 11.7. The molecule has 1 fully saturated rings. The minimum Gasteiger partial charge on any atom is -0.381 e. The van der Waals surface area contributed by atoms with Crippen molar-refractivity contribution in [3.8, 4) is 0 Å². The second-order valence-corrected chi connectivity index (χ2v) is 3.95. The van der Waals surface area contributed by atoms with Crippen molar-refractivity contribution in [2.24, 2.45) is 5.92 Å². The highest BCUT2D eigenvalue weighted by Gasteiger charge is 2.18. The summed E-state index contributed by atoms with van der Waals surface area (Å²) in [7, 11) is 0. The molecule has 0 aliphatic carbocycles. The lowest BCUT2D eigenvalue weighted by molar-refractivity contribution is -0.120. The fourth-order valence-corrected chi connectivity index (χ4v) is 1.87. The summed E-state index contributed by atoms with van der Waals surface area (Å²) in [5, 5.41) is 3.57. The minimum atomic E-state index is 0.235. The van der Waals surface area contributed by atoms with Crippen LogP contribution in [0.15, 0.2) is 16.8 Å². The number of nitrogens with zero attached hydrogens (tertiary/aromatic N) is 1. The third-order valence-corrected chi connectivity index (χ3v) is 2.72. The van der Waals surface area contributed by atoms with Gasteiger partial charge in [0, 0.05) is 25.7 Å². The van der Waals surface area contributed by atoms with Crippen LogP contribution in [0.5, 0.6) is 0 Å². The second-order valence-electron chi connectivity index (χ2n) is 3.95. The van der Waals surface area contributed by atoms with Gasteiger partial charge in [-0.1, -0.05) is 5.16 Å². The van der Waals surface area contributed by atoms with E-state index in [1.807, 2.05) is 0 Å². The first-order valence-electron chi connectivity index (χ1n) is 5.33. The molecule has 2 heterocycles. The van der Waals surface area contributed by atoms with Gasteiger partial charge in [0.25, 0.3) is 0 Å². The van der Waals surface area contributed by atoms with Gasteiger partial charge in [-0.2, -0.15) is 0 Å². The highest BCUT2D eigenvalue weighted by Crippen LogP contribution is 2.19. The van der Waals surface area contributed by atoms with E-state index in [9.17, 15) is 4.79 Å². The monoisotopic (exact) mass is 209 g/mol. The third kappa shape index (κ3) is 3.16. The van der Waals surface area contributed by atoms with Gasteiger partial charge >= 0.3 is 0 Å². The van der Waals surface area contributed by atoms with Gasteiger partial charge in [0.1, 0.15) is 11.5 Å². The zero-order chi connectivity index (χ0) is 10.5. The lowest BCUT2D eigenvalue weighted by Crippen LogP contribution is -2.19. The molecule has 15 heavy (non-hydrogen) atoms. The van der Waals surface area contributed by atoms with Gasteiger partial charge in [-0.25, -0.2) is 0 Å². The van der Waals surface area contributed by atoms with E-state index >= 15 is 0 Å². The van der Waals surface area contributed by atoms with Gasteiger partial charge < -0.3 is 9.26 Å². The maximum Gasteiger partial charge on any atom is 0.144 e. The number of Topliss-reactive ketones (excluding diaryl/α,β-unsaturated/α-hetero) is 1. The Bertz CT molecular complexity index is 302. The number of carbonyl (C=O) groups excluding carboxylic acids is 1. The molecule has 4 nitrogen and oxygen atoms in total. The van der Waals surface area contributed by atoms with Crippen LogP contribution in [0, 0.1) is 5.92 Å². The summed E-state index contributed by atoms with van der Waals surface area (Å²) in [6.07, 6.45) is 4.59. The molecule has 0 spiro atoms. The average Bonchev–Trinajstić information content (AvgIpc) is 2.71. The van der Waals surface area contributed by atoms with Crippen LogP contribution in [0.1, 0.15) is 25.0 Å². The smallest absolute Gasteiger partial charge is 0.144 e. The quantitative estimate of drug-likeness (QED) is 0.755. The predicted octanol–water partition coefficient (Wildman–Crippen LogP) is 1.60. The number of ketones is 1. The van der Waals surface area contributed by atoms with Crippen molar-refractivity contribution in [1.82, 2.24) is 5.16 Å². The van der Waals surface area contributed by atoms with Gasteiger partial charge in [0.2, 0.25) is 0 Å². The maximum atomic E-state index is 11.7. The molecule has 0 amide bonds. The van der Waals surface area contributed by atoms with E-state index in [0.29, 0.717) is 24.5 Å². The first-order valence-corrected chi connectivity index (χ1v) is 5.33. The van der Waals surface area contributed by atoms with Crippen molar-refractivity contribution in [2.75, 3.05) is 13.2 Å². The van der Waals surface area contributed by atoms with Crippen LogP contribution < -0.4 is 0 Å². The van der Waals surface area contributed by atoms with E-state index in [1.54, 1.807) is 12.3 Å². The number of ether oxygens (including phenoxy) is 1. The molecule has 1 aliphatic heterocycles. The van der Waals surface area contributed by atoms with E-state index in [0.717, 1.165) is 26.1 Å². The zero-order valence-electron chi connectivity index (χ0n) is 8.65. The summed E-state index contributed by atoms with van der Waals surface area (Å²) in [6.45, 7) is 1.58. The van der Waals surface area contributed by atoms with Gasteiger partial charge in [-0.05, 0) is 18.8 Å². The number of carbonyl (C=O) groups is 1. The largest absolute Gasteiger partial charge is 0.381 e. The Hall–Kier alpha value is -1.16. The first kappa shape index (κ1) is 10.4.